The van der Waals surface area contributed by atoms with Crippen LogP contribution in [0.1, 0.15) is 55.7 Å². The Morgan fingerprint density at radius 1 is 0.902 bits per heavy atom. The van der Waals surface area contributed by atoms with E-state index in [9.17, 15) is 22.4 Å². The SMILES string of the molecule is CC[C@H](C(=O)NC1CCCC1)N(Cc1ccc(F)cc1)C(=O)CN(c1ccc(C)cc1)S(=O)(=O)c1ccc(C)cc1. The maximum Gasteiger partial charge on any atom is 0.264 e. The van der Waals surface area contributed by atoms with Crippen LogP contribution in [0, 0.1) is 19.7 Å². The molecule has 0 unspecified atom stereocenters. The van der Waals surface area contributed by atoms with E-state index >= 15 is 0 Å². The second-order valence-electron chi connectivity index (χ2n) is 10.7. The lowest BCUT2D eigenvalue weighted by atomic mass is 10.1. The first-order valence-electron chi connectivity index (χ1n) is 14.1. The monoisotopic (exact) mass is 579 g/mol. The molecule has 1 fully saturated rings. The van der Waals surface area contributed by atoms with Crippen molar-refractivity contribution in [3.63, 3.8) is 0 Å². The van der Waals surface area contributed by atoms with Crippen LogP contribution < -0.4 is 9.62 Å². The third kappa shape index (κ3) is 7.52. The van der Waals surface area contributed by atoms with Crippen molar-refractivity contribution >= 4 is 27.5 Å². The number of nitrogens with one attached hydrogen (secondary N) is 1. The van der Waals surface area contributed by atoms with Crippen molar-refractivity contribution in [1.82, 2.24) is 10.2 Å². The molecule has 3 aromatic rings. The summed E-state index contributed by atoms with van der Waals surface area (Å²) in [5.74, 6) is -1.20. The number of benzene rings is 3. The Kier molecular flexibility index (Phi) is 9.81. The highest BCUT2D eigenvalue weighted by atomic mass is 32.2. The van der Waals surface area contributed by atoms with Gasteiger partial charge in [-0.15, -0.1) is 0 Å². The number of sulfonamides is 1. The number of aryl methyl sites for hydroxylation is 2. The van der Waals surface area contributed by atoms with Gasteiger partial charge in [-0.3, -0.25) is 13.9 Å². The van der Waals surface area contributed by atoms with E-state index in [1.54, 1.807) is 48.5 Å². The molecule has 1 atom stereocenters. The number of halogens is 1. The highest BCUT2D eigenvalue weighted by Gasteiger charge is 2.34. The summed E-state index contributed by atoms with van der Waals surface area (Å²) in [5.41, 5.74) is 2.83. The zero-order chi connectivity index (χ0) is 29.6. The first kappa shape index (κ1) is 30.2. The first-order chi connectivity index (χ1) is 19.6. The largest absolute Gasteiger partial charge is 0.352 e. The van der Waals surface area contributed by atoms with Gasteiger partial charge in [0.05, 0.1) is 10.6 Å². The molecule has 0 spiro atoms. The van der Waals surface area contributed by atoms with Crippen LogP contribution in [0.25, 0.3) is 0 Å². The fourth-order valence-corrected chi connectivity index (χ4v) is 6.56. The number of carbonyl (C=O) groups is 2. The number of anilines is 1. The van der Waals surface area contributed by atoms with Crippen molar-refractivity contribution in [2.75, 3.05) is 10.8 Å². The molecule has 0 bridgehead atoms. The number of nitrogens with zero attached hydrogens (tertiary/aromatic N) is 2. The second-order valence-corrected chi connectivity index (χ2v) is 12.6. The number of rotatable bonds is 11. The van der Waals surface area contributed by atoms with Crippen LogP contribution in [-0.2, 0) is 26.2 Å². The van der Waals surface area contributed by atoms with Crippen molar-refractivity contribution in [2.45, 2.75) is 76.4 Å². The summed E-state index contributed by atoms with van der Waals surface area (Å²) in [4.78, 5) is 29.1. The molecule has 9 heteroatoms. The van der Waals surface area contributed by atoms with Gasteiger partial charge in [-0.25, -0.2) is 12.8 Å². The minimum atomic E-state index is -4.13. The molecule has 4 rings (SSSR count). The third-order valence-corrected chi connectivity index (χ3v) is 9.35. The highest BCUT2D eigenvalue weighted by molar-refractivity contribution is 7.92. The number of amides is 2. The second kappa shape index (κ2) is 13.3. The van der Waals surface area contributed by atoms with Gasteiger partial charge in [-0.1, -0.05) is 67.3 Å². The molecule has 1 saturated carbocycles. The molecule has 0 heterocycles. The Labute approximate surface area is 242 Å². The summed E-state index contributed by atoms with van der Waals surface area (Å²) in [5, 5.41) is 3.09. The van der Waals surface area contributed by atoms with Gasteiger partial charge >= 0.3 is 0 Å². The van der Waals surface area contributed by atoms with E-state index in [2.05, 4.69) is 5.32 Å². The third-order valence-electron chi connectivity index (χ3n) is 7.56. The maximum atomic E-state index is 14.1. The lowest BCUT2D eigenvalue weighted by Crippen LogP contribution is -2.53. The van der Waals surface area contributed by atoms with Crippen LogP contribution in [0.3, 0.4) is 0 Å². The Morgan fingerprint density at radius 3 is 2.02 bits per heavy atom. The van der Waals surface area contributed by atoms with Crippen LogP contribution in [0.5, 0.6) is 0 Å². The molecule has 3 aromatic carbocycles. The highest BCUT2D eigenvalue weighted by Crippen LogP contribution is 2.26. The van der Waals surface area contributed by atoms with Gasteiger partial charge in [0, 0.05) is 12.6 Å². The molecular weight excluding hydrogens is 541 g/mol. The average molecular weight is 580 g/mol. The number of hydrogen-bond acceptors (Lipinski definition) is 4. The van der Waals surface area contributed by atoms with E-state index in [1.165, 1.54) is 29.2 Å². The van der Waals surface area contributed by atoms with Crippen molar-refractivity contribution in [3.8, 4) is 0 Å². The van der Waals surface area contributed by atoms with Gasteiger partial charge < -0.3 is 10.2 Å². The molecule has 2 amide bonds. The lowest BCUT2D eigenvalue weighted by Gasteiger charge is -2.33. The van der Waals surface area contributed by atoms with Crippen LogP contribution in [0.15, 0.2) is 77.7 Å². The van der Waals surface area contributed by atoms with E-state index in [-0.39, 0.29) is 23.4 Å². The van der Waals surface area contributed by atoms with Crippen LogP contribution in [0.4, 0.5) is 10.1 Å². The number of hydrogen-bond donors (Lipinski definition) is 1. The van der Waals surface area contributed by atoms with Gasteiger partial charge in [-0.05, 0) is 75.1 Å². The van der Waals surface area contributed by atoms with Gasteiger partial charge in [-0.2, -0.15) is 0 Å². The maximum absolute atomic E-state index is 14.1. The quantitative estimate of drug-likeness (QED) is 0.325. The first-order valence-corrected chi connectivity index (χ1v) is 15.5. The summed E-state index contributed by atoms with van der Waals surface area (Å²) in [6.07, 6.45) is 4.21. The fraction of sp³-hybridized carbons (Fsp3) is 0.375. The number of carbonyl (C=O) groups excluding carboxylic acids is 2. The van der Waals surface area contributed by atoms with E-state index in [0.29, 0.717) is 17.7 Å². The standard InChI is InChI=1S/C32H38FN3O4S/c1-4-30(32(38)34-27-7-5-6-8-27)35(21-25-13-15-26(33)16-14-25)31(37)22-36(28-17-9-23(2)10-18-28)41(39,40)29-19-11-24(3)12-20-29/h9-20,27,30H,4-8,21-22H2,1-3H3,(H,34,38)/t30-/m1/s1. The summed E-state index contributed by atoms with van der Waals surface area (Å²) < 4.78 is 42.6. The van der Waals surface area contributed by atoms with Gasteiger partial charge in [0.1, 0.15) is 18.4 Å². The summed E-state index contributed by atoms with van der Waals surface area (Å²) in [6, 6.07) is 18.4. The molecule has 0 saturated heterocycles. The Hall–Kier alpha value is -3.72. The minimum Gasteiger partial charge on any atom is -0.352 e. The zero-order valence-corrected chi connectivity index (χ0v) is 24.7. The van der Waals surface area contributed by atoms with Crippen LogP contribution in [0.2, 0.25) is 0 Å². The molecule has 1 aliphatic carbocycles. The molecule has 1 N–H and O–H groups in total. The van der Waals surface area contributed by atoms with Gasteiger partial charge in [0.15, 0.2) is 0 Å². The van der Waals surface area contributed by atoms with Crippen molar-refractivity contribution in [1.29, 1.82) is 0 Å². The van der Waals surface area contributed by atoms with E-state index in [0.717, 1.165) is 41.1 Å². The van der Waals surface area contributed by atoms with Crippen molar-refractivity contribution in [2.24, 2.45) is 0 Å². The predicted octanol–water partition coefficient (Wildman–Crippen LogP) is 5.50. The molecular formula is C32H38FN3O4S. The molecule has 41 heavy (non-hydrogen) atoms. The van der Waals surface area contributed by atoms with E-state index in [1.807, 2.05) is 20.8 Å². The molecule has 0 aromatic heterocycles. The fourth-order valence-electron chi connectivity index (χ4n) is 5.15. The van der Waals surface area contributed by atoms with E-state index < -0.39 is 34.3 Å². The van der Waals surface area contributed by atoms with Gasteiger partial charge in [0.2, 0.25) is 11.8 Å². The Balaban J connectivity index is 1.70. The molecule has 0 radical (unpaired) electrons. The van der Waals surface area contributed by atoms with Gasteiger partial charge in [0.25, 0.3) is 10.0 Å². The average Bonchev–Trinajstić information content (AvgIpc) is 3.46. The normalized spacial score (nSPS) is 14.4. The smallest absolute Gasteiger partial charge is 0.264 e. The molecule has 218 valence electrons. The predicted molar refractivity (Wildman–Crippen MR) is 158 cm³/mol. The molecule has 7 nitrogen and oxygen atoms in total. The van der Waals surface area contributed by atoms with Crippen LogP contribution >= 0.6 is 0 Å². The minimum absolute atomic E-state index is 0.0298. The zero-order valence-electron chi connectivity index (χ0n) is 23.8. The summed E-state index contributed by atoms with van der Waals surface area (Å²) >= 11 is 0. The summed E-state index contributed by atoms with van der Waals surface area (Å²) in [7, 11) is -4.13. The van der Waals surface area contributed by atoms with Crippen LogP contribution in [-0.4, -0.2) is 43.8 Å². The summed E-state index contributed by atoms with van der Waals surface area (Å²) in [6.45, 7) is 5.11. The molecule has 1 aliphatic rings. The Bertz CT molecular complexity index is 1440. The lowest BCUT2D eigenvalue weighted by molar-refractivity contribution is -0.140. The topological polar surface area (TPSA) is 86.8 Å². The van der Waals surface area contributed by atoms with Crippen molar-refractivity contribution in [3.05, 3.63) is 95.3 Å². The molecule has 0 aliphatic heterocycles. The van der Waals surface area contributed by atoms with E-state index in [4.69, 9.17) is 0 Å². The van der Waals surface area contributed by atoms with Crippen molar-refractivity contribution < 1.29 is 22.4 Å². The Morgan fingerprint density at radius 2 is 1.46 bits per heavy atom.